The van der Waals surface area contributed by atoms with Crippen molar-refractivity contribution in [2.45, 2.75) is 96.1 Å². The second-order valence-electron chi connectivity index (χ2n) is 7.60. The minimum absolute atomic E-state index is 0.805. The number of hydrogen-bond acceptors (Lipinski definition) is 1. The zero-order chi connectivity index (χ0) is 12.4. The first-order valence-electron chi connectivity index (χ1n) is 8.52. The largest absolute Gasteiger partial charge is 0.311 e. The van der Waals surface area contributed by atoms with Crippen molar-refractivity contribution in [2.75, 3.05) is 0 Å². The first-order valence-corrected chi connectivity index (χ1v) is 8.52. The molecule has 104 valence electrons. The van der Waals surface area contributed by atoms with E-state index in [1.807, 2.05) is 0 Å². The van der Waals surface area contributed by atoms with Crippen molar-refractivity contribution in [3.63, 3.8) is 0 Å². The lowest BCUT2D eigenvalue weighted by molar-refractivity contribution is 0.155. The van der Waals surface area contributed by atoms with Crippen molar-refractivity contribution in [1.29, 1.82) is 0 Å². The summed E-state index contributed by atoms with van der Waals surface area (Å²) < 4.78 is 0. The predicted octanol–water partition coefficient (Wildman–Crippen LogP) is 4.66. The van der Waals surface area contributed by atoms with Gasteiger partial charge >= 0.3 is 0 Å². The Morgan fingerprint density at radius 2 is 1.28 bits per heavy atom. The molecule has 3 aliphatic carbocycles. The maximum atomic E-state index is 3.98. The summed E-state index contributed by atoms with van der Waals surface area (Å²) in [5, 5.41) is 3.98. The molecule has 0 bridgehead atoms. The van der Waals surface area contributed by atoms with Gasteiger partial charge in [0.15, 0.2) is 0 Å². The van der Waals surface area contributed by atoms with E-state index >= 15 is 0 Å². The second kappa shape index (κ2) is 5.53. The molecule has 1 spiro atoms. The van der Waals surface area contributed by atoms with Crippen molar-refractivity contribution < 1.29 is 0 Å². The highest BCUT2D eigenvalue weighted by atomic mass is 15.0. The first kappa shape index (κ1) is 13.0. The van der Waals surface area contributed by atoms with E-state index in [0.717, 1.165) is 23.4 Å². The summed E-state index contributed by atoms with van der Waals surface area (Å²) in [6.45, 7) is 2.42. The molecule has 0 radical (unpaired) electrons. The highest BCUT2D eigenvalue weighted by Gasteiger charge is 2.37. The Morgan fingerprint density at radius 1 is 0.722 bits per heavy atom. The van der Waals surface area contributed by atoms with Gasteiger partial charge < -0.3 is 5.32 Å². The molecule has 0 aromatic heterocycles. The van der Waals surface area contributed by atoms with Crippen LogP contribution in [0, 0.1) is 11.3 Å². The molecular formula is C17H31N. The standard InChI is InChI=1S/C17H31N/c1-14-4-6-15(7-5-14)18-16-8-12-17(13-9-16)10-2-3-11-17/h14-16,18H,2-13H2,1H3. The van der Waals surface area contributed by atoms with Gasteiger partial charge in [0.05, 0.1) is 0 Å². The van der Waals surface area contributed by atoms with Gasteiger partial charge in [-0.25, -0.2) is 0 Å². The Hall–Kier alpha value is -0.0400. The van der Waals surface area contributed by atoms with Crippen LogP contribution in [0.2, 0.25) is 0 Å². The molecule has 0 aliphatic heterocycles. The van der Waals surface area contributed by atoms with Crippen LogP contribution in [0.5, 0.6) is 0 Å². The Bertz CT molecular complexity index is 249. The molecule has 0 aromatic carbocycles. The van der Waals surface area contributed by atoms with Crippen LogP contribution < -0.4 is 5.32 Å². The van der Waals surface area contributed by atoms with Gasteiger partial charge in [-0.15, -0.1) is 0 Å². The van der Waals surface area contributed by atoms with Gasteiger partial charge in [-0.1, -0.05) is 19.8 Å². The average Bonchev–Trinajstić information content (AvgIpc) is 2.84. The van der Waals surface area contributed by atoms with E-state index in [2.05, 4.69) is 12.2 Å². The summed E-state index contributed by atoms with van der Waals surface area (Å²) in [6, 6.07) is 1.71. The van der Waals surface area contributed by atoms with Crippen molar-refractivity contribution in [1.82, 2.24) is 5.32 Å². The SMILES string of the molecule is CC1CCC(NC2CCC3(CCCC3)CC2)CC1. The normalized spacial score (nSPS) is 37.2. The summed E-state index contributed by atoms with van der Waals surface area (Å²) in [5.74, 6) is 0.983. The molecular weight excluding hydrogens is 218 g/mol. The van der Waals surface area contributed by atoms with Crippen molar-refractivity contribution in [3.8, 4) is 0 Å². The molecule has 0 unspecified atom stereocenters. The van der Waals surface area contributed by atoms with Crippen molar-refractivity contribution >= 4 is 0 Å². The van der Waals surface area contributed by atoms with E-state index in [0.29, 0.717) is 0 Å². The zero-order valence-electron chi connectivity index (χ0n) is 12.2. The number of rotatable bonds is 2. The molecule has 18 heavy (non-hydrogen) atoms. The summed E-state index contributed by atoms with van der Waals surface area (Å²) in [4.78, 5) is 0. The van der Waals surface area contributed by atoms with Crippen LogP contribution in [-0.4, -0.2) is 12.1 Å². The van der Waals surface area contributed by atoms with Crippen LogP contribution in [0.4, 0.5) is 0 Å². The molecule has 3 saturated carbocycles. The van der Waals surface area contributed by atoms with Crippen LogP contribution in [-0.2, 0) is 0 Å². The highest BCUT2D eigenvalue weighted by Crippen LogP contribution is 2.49. The van der Waals surface area contributed by atoms with Gasteiger partial charge in [0, 0.05) is 12.1 Å². The fourth-order valence-electron chi connectivity index (χ4n) is 4.78. The molecule has 0 heterocycles. The molecule has 0 aromatic rings. The highest BCUT2D eigenvalue weighted by molar-refractivity contribution is 4.92. The molecule has 3 rings (SSSR count). The Balaban J connectivity index is 1.42. The third-order valence-corrected chi connectivity index (χ3v) is 6.20. The van der Waals surface area contributed by atoms with Gasteiger partial charge in [-0.3, -0.25) is 0 Å². The molecule has 1 heteroatoms. The lowest BCUT2D eigenvalue weighted by atomic mass is 9.71. The van der Waals surface area contributed by atoms with Crippen LogP contribution in [0.1, 0.15) is 84.0 Å². The Kier molecular flexibility index (Phi) is 3.98. The van der Waals surface area contributed by atoms with E-state index in [9.17, 15) is 0 Å². The van der Waals surface area contributed by atoms with E-state index in [-0.39, 0.29) is 0 Å². The van der Waals surface area contributed by atoms with Gasteiger partial charge in [0.1, 0.15) is 0 Å². The zero-order valence-corrected chi connectivity index (χ0v) is 12.2. The molecule has 1 N–H and O–H groups in total. The van der Waals surface area contributed by atoms with Crippen LogP contribution in [0.25, 0.3) is 0 Å². The minimum Gasteiger partial charge on any atom is -0.311 e. The van der Waals surface area contributed by atoms with E-state index in [1.165, 1.54) is 64.2 Å². The predicted molar refractivity (Wildman–Crippen MR) is 77.7 cm³/mol. The summed E-state index contributed by atoms with van der Waals surface area (Å²) in [6.07, 6.45) is 17.9. The van der Waals surface area contributed by atoms with Gasteiger partial charge in [-0.2, -0.15) is 0 Å². The minimum atomic E-state index is 0.805. The van der Waals surface area contributed by atoms with E-state index in [4.69, 9.17) is 0 Å². The van der Waals surface area contributed by atoms with Crippen LogP contribution in [0.3, 0.4) is 0 Å². The maximum absolute atomic E-state index is 3.98. The molecule has 3 aliphatic rings. The quantitative estimate of drug-likeness (QED) is 0.750. The molecule has 1 nitrogen and oxygen atoms in total. The number of nitrogens with one attached hydrogen (secondary N) is 1. The maximum Gasteiger partial charge on any atom is 0.00700 e. The van der Waals surface area contributed by atoms with E-state index in [1.54, 1.807) is 12.8 Å². The monoisotopic (exact) mass is 249 g/mol. The number of hydrogen-bond donors (Lipinski definition) is 1. The first-order chi connectivity index (χ1) is 8.76. The van der Waals surface area contributed by atoms with Gasteiger partial charge in [0.2, 0.25) is 0 Å². The van der Waals surface area contributed by atoms with Gasteiger partial charge in [-0.05, 0) is 75.5 Å². The van der Waals surface area contributed by atoms with E-state index < -0.39 is 0 Å². The molecule has 0 atom stereocenters. The van der Waals surface area contributed by atoms with Crippen LogP contribution in [0.15, 0.2) is 0 Å². The summed E-state index contributed by atoms with van der Waals surface area (Å²) in [5.41, 5.74) is 0.805. The third-order valence-electron chi connectivity index (χ3n) is 6.20. The van der Waals surface area contributed by atoms with Crippen molar-refractivity contribution in [3.05, 3.63) is 0 Å². The average molecular weight is 249 g/mol. The molecule has 0 amide bonds. The fraction of sp³-hybridized carbons (Fsp3) is 1.00. The lowest BCUT2D eigenvalue weighted by Crippen LogP contribution is -2.43. The third kappa shape index (κ3) is 2.92. The van der Waals surface area contributed by atoms with Crippen molar-refractivity contribution in [2.24, 2.45) is 11.3 Å². The molecule has 3 fully saturated rings. The fourth-order valence-corrected chi connectivity index (χ4v) is 4.78. The lowest BCUT2D eigenvalue weighted by Gasteiger charge is -2.40. The molecule has 0 saturated heterocycles. The van der Waals surface area contributed by atoms with Gasteiger partial charge in [0.25, 0.3) is 0 Å². The Morgan fingerprint density at radius 3 is 1.89 bits per heavy atom. The summed E-state index contributed by atoms with van der Waals surface area (Å²) >= 11 is 0. The second-order valence-corrected chi connectivity index (χ2v) is 7.60. The Labute approximate surface area is 113 Å². The topological polar surface area (TPSA) is 12.0 Å². The van der Waals surface area contributed by atoms with Crippen LogP contribution >= 0.6 is 0 Å². The summed E-state index contributed by atoms with van der Waals surface area (Å²) in [7, 11) is 0. The smallest absolute Gasteiger partial charge is 0.00700 e.